The average molecular weight is 550 g/mol. The molecule has 0 unspecified atom stereocenters. The van der Waals surface area contributed by atoms with Crippen LogP contribution in [0.5, 0.6) is 11.5 Å². The fraction of sp³-hybridized carbons (Fsp3) is 0.167. The Morgan fingerprint density at radius 2 is 1.60 bits per heavy atom. The van der Waals surface area contributed by atoms with E-state index in [-0.39, 0.29) is 5.41 Å². The summed E-state index contributed by atoms with van der Waals surface area (Å²) in [5.74, 6) is 2.04. The van der Waals surface area contributed by atoms with Crippen molar-refractivity contribution in [2.45, 2.75) is 26.2 Å². The van der Waals surface area contributed by atoms with E-state index in [1.165, 1.54) is 11.3 Å². The molecule has 1 aliphatic rings. The van der Waals surface area contributed by atoms with Gasteiger partial charge in [-0.15, -0.1) is 0 Å². The zero-order chi connectivity index (χ0) is 29.0. The molecule has 0 bridgehead atoms. The summed E-state index contributed by atoms with van der Waals surface area (Å²) in [4.78, 5) is 13.2. The van der Waals surface area contributed by atoms with E-state index in [0.717, 1.165) is 45.7 Å². The number of ether oxygens (including phenoxy) is 1. The summed E-state index contributed by atoms with van der Waals surface area (Å²) in [5.41, 5.74) is 7.04. The first kappa shape index (κ1) is 25.7. The lowest BCUT2D eigenvalue weighted by Crippen LogP contribution is -2.23. The van der Waals surface area contributed by atoms with Crippen molar-refractivity contribution in [3.63, 3.8) is 0 Å². The van der Waals surface area contributed by atoms with Gasteiger partial charge in [-0.1, -0.05) is 57.2 Å². The van der Waals surface area contributed by atoms with Crippen molar-refractivity contribution in [3.05, 3.63) is 120 Å². The number of hydrogen-bond donors (Lipinski definition) is 0. The third-order valence-electron chi connectivity index (χ3n) is 8.01. The van der Waals surface area contributed by atoms with Crippen LogP contribution in [0.25, 0.3) is 32.5 Å². The maximum absolute atomic E-state index is 8.00. The molecule has 0 amide bonds. The topological polar surface area (TPSA) is 37.9 Å². The van der Waals surface area contributed by atoms with Gasteiger partial charge < -0.3 is 14.5 Å². The molecule has 0 saturated heterocycles. The maximum Gasteiger partial charge on any atom is 0.229 e. The van der Waals surface area contributed by atoms with Crippen LogP contribution in [0.2, 0.25) is 0 Å². The molecule has 0 N–H and O–H groups in total. The minimum absolute atomic E-state index is 0.0162. The first-order valence-corrected chi connectivity index (χ1v) is 14.1. The zero-order valence-corrected chi connectivity index (χ0v) is 24.2. The lowest BCUT2D eigenvalue weighted by Gasteiger charge is -2.20. The summed E-state index contributed by atoms with van der Waals surface area (Å²) in [6.07, 6.45) is 1.88. The van der Waals surface area contributed by atoms with Gasteiger partial charge in [0.1, 0.15) is 17.3 Å². The van der Waals surface area contributed by atoms with Crippen LogP contribution in [0.3, 0.4) is 0 Å². The number of pyridine rings is 1. The third-order valence-corrected chi connectivity index (χ3v) is 8.01. The number of anilines is 3. The van der Waals surface area contributed by atoms with Gasteiger partial charge in [0, 0.05) is 30.4 Å². The lowest BCUT2D eigenvalue weighted by molar-refractivity contribution is 0.486. The first-order valence-electron chi connectivity index (χ1n) is 14.1. The van der Waals surface area contributed by atoms with Crippen LogP contribution >= 0.6 is 0 Å². The Morgan fingerprint density at radius 3 is 2.40 bits per heavy atom. The Balaban J connectivity index is 1.35. The Morgan fingerprint density at radius 1 is 0.810 bits per heavy atom. The minimum atomic E-state index is -0.0162. The Labute approximate surface area is 245 Å². The van der Waals surface area contributed by atoms with E-state index in [9.17, 15) is 0 Å². The van der Waals surface area contributed by atoms with Crippen LogP contribution in [-0.2, 0) is 5.41 Å². The molecule has 0 atom stereocenters. The van der Waals surface area contributed by atoms with Gasteiger partial charge in [0.15, 0.2) is 0 Å². The number of para-hydroxylation sites is 3. The third kappa shape index (κ3) is 4.22. The molecule has 42 heavy (non-hydrogen) atoms. The molecule has 0 radical (unpaired) electrons. The molecule has 0 aliphatic carbocycles. The summed E-state index contributed by atoms with van der Waals surface area (Å²) in [7, 11) is 2.10. The molecule has 6 heteroatoms. The number of fused-ring (bicyclic) bond motifs is 4. The average Bonchev–Trinajstić information content (AvgIpc) is 3.51. The highest BCUT2D eigenvalue weighted by Gasteiger charge is 2.24. The van der Waals surface area contributed by atoms with E-state index in [2.05, 4.69) is 102 Å². The first-order chi connectivity index (χ1) is 20.3. The van der Waals surface area contributed by atoms with Crippen LogP contribution < -0.4 is 14.5 Å². The predicted octanol–water partition coefficient (Wildman–Crippen LogP) is 9.36. The molecular weight excluding hydrogens is 518 g/mol. The molecular formula is C36H31N5O. The van der Waals surface area contributed by atoms with Gasteiger partial charge in [-0.25, -0.2) is 9.83 Å². The highest BCUT2D eigenvalue weighted by atomic mass is 16.5. The number of nitrogens with zero attached hydrogens (tertiary/aromatic N) is 5. The number of rotatable bonds is 4. The van der Waals surface area contributed by atoms with E-state index >= 15 is 0 Å². The number of benzene rings is 4. The Hall–Kier alpha value is -5.28. The second kappa shape index (κ2) is 9.67. The van der Waals surface area contributed by atoms with Gasteiger partial charge in [0.05, 0.1) is 35.6 Å². The molecule has 206 valence electrons. The van der Waals surface area contributed by atoms with Crippen molar-refractivity contribution in [2.24, 2.45) is 0 Å². The number of aromatic nitrogens is 2. The van der Waals surface area contributed by atoms with Crippen molar-refractivity contribution < 1.29 is 4.74 Å². The largest absolute Gasteiger partial charge is 0.468 e. The summed E-state index contributed by atoms with van der Waals surface area (Å²) >= 11 is 0. The van der Waals surface area contributed by atoms with Gasteiger partial charge in [-0.05, 0) is 71.0 Å². The molecule has 6 aromatic rings. The fourth-order valence-corrected chi connectivity index (χ4v) is 5.85. The second-order valence-electron chi connectivity index (χ2n) is 11.8. The quantitative estimate of drug-likeness (QED) is 0.205. The van der Waals surface area contributed by atoms with Gasteiger partial charge >= 0.3 is 0 Å². The monoisotopic (exact) mass is 549 g/mol. The van der Waals surface area contributed by atoms with Crippen molar-refractivity contribution >= 4 is 44.6 Å². The molecule has 2 aromatic heterocycles. The fourth-order valence-electron chi connectivity index (χ4n) is 5.85. The summed E-state index contributed by atoms with van der Waals surface area (Å²) in [6.45, 7) is 15.4. The Bertz CT molecular complexity index is 2030. The lowest BCUT2D eigenvalue weighted by atomic mass is 9.88. The van der Waals surface area contributed by atoms with E-state index in [1.54, 1.807) is 0 Å². The normalized spacial score (nSPS) is 13.0. The molecule has 6 nitrogen and oxygen atoms in total. The van der Waals surface area contributed by atoms with Crippen LogP contribution in [-0.4, -0.2) is 23.3 Å². The summed E-state index contributed by atoms with van der Waals surface area (Å²) < 4.78 is 8.68. The van der Waals surface area contributed by atoms with E-state index < -0.39 is 0 Å². The Kier molecular flexibility index (Phi) is 5.91. The van der Waals surface area contributed by atoms with Gasteiger partial charge in [-0.3, -0.25) is 4.57 Å². The van der Waals surface area contributed by atoms with Crippen LogP contribution in [0.4, 0.5) is 22.7 Å². The SMILES string of the molecule is [C-]#[N+]c1cc2c3ccccc3n(-c3cc(C(C)(C)C)ccn3)c2cc1Oc1cccc(N2CN(C)c3ccccc32)c1. The molecule has 7 rings (SSSR count). The predicted molar refractivity (Wildman–Crippen MR) is 172 cm³/mol. The molecule has 0 saturated carbocycles. The molecule has 0 spiro atoms. The van der Waals surface area contributed by atoms with Crippen LogP contribution in [0.1, 0.15) is 26.3 Å². The second-order valence-corrected chi connectivity index (χ2v) is 11.8. The minimum Gasteiger partial charge on any atom is -0.468 e. The van der Waals surface area contributed by atoms with E-state index in [0.29, 0.717) is 17.2 Å². The van der Waals surface area contributed by atoms with Gasteiger partial charge in [0.25, 0.3) is 0 Å². The maximum atomic E-state index is 8.00. The van der Waals surface area contributed by atoms with Crippen molar-refractivity contribution in [1.29, 1.82) is 0 Å². The molecule has 0 fully saturated rings. The zero-order valence-electron chi connectivity index (χ0n) is 24.2. The van der Waals surface area contributed by atoms with Crippen molar-refractivity contribution in [1.82, 2.24) is 9.55 Å². The van der Waals surface area contributed by atoms with E-state index in [1.807, 2.05) is 48.7 Å². The molecule has 3 heterocycles. The summed E-state index contributed by atoms with van der Waals surface area (Å²) in [6, 6.07) is 32.9. The van der Waals surface area contributed by atoms with Crippen molar-refractivity contribution in [3.8, 4) is 17.3 Å². The smallest absolute Gasteiger partial charge is 0.229 e. The molecule has 1 aliphatic heterocycles. The summed E-state index contributed by atoms with van der Waals surface area (Å²) in [5, 5.41) is 2.07. The van der Waals surface area contributed by atoms with Crippen LogP contribution in [0.15, 0.2) is 103 Å². The van der Waals surface area contributed by atoms with Gasteiger partial charge in [0.2, 0.25) is 5.69 Å². The van der Waals surface area contributed by atoms with E-state index in [4.69, 9.17) is 16.3 Å². The van der Waals surface area contributed by atoms with Crippen molar-refractivity contribution in [2.75, 3.05) is 23.5 Å². The molecule has 4 aromatic carbocycles. The number of hydrogen-bond acceptors (Lipinski definition) is 4. The highest BCUT2D eigenvalue weighted by Crippen LogP contribution is 2.43. The van der Waals surface area contributed by atoms with Crippen LogP contribution in [0, 0.1) is 6.57 Å². The standard InChI is InChI=1S/C36H31N5O/c1-36(2,3)24-17-18-38-35(19-24)41-30-14-7-6-13-27(30)28-21-29(37-4)34(22-33(28)41)42-26-12-10-11-25(20-26)40-23-39(5)31-15-8-9-16-32(31)40/h6-22H,23H2,1-3,5H3. The highest BCUT2D eigenvalue weighted by molar-refractivity contribution is 6.11. The van der Waals surface area contributed by atoms with Gasteiger partial charge in [-0.2, -0.15) is 0 Å².